The summed E-state index contributed by atoms with van der Waals surface area (Å²) >= 11 is 0. The second kappa shape index (κ2) is 7.19. The van der Waals surface area contributed by atoms with Crippen LogP contribution in [0.5, 0.6) is 0 Å². The van der Waals surface area contributed by atoms with Gasteiger partial charge in [-0.1, -0.05) is 0 Å². The van der Waals surface area contributed by atoms with E-state index in [9.17, 15) is 4.79 Å². The number of nitrogens with zero attached hydrogens (tertiary/aromatic N) is 5. The molecule has 2 rings (SSSR count). The van der Waals surface area contributed by atoms with E-state index >= 15 is 0 Å². The van der Waals surface area contributed by atoms with Crippen molar-refractivity contribution in [1.82, 2.24) is 25.0 Å². The van der Waals surface area contributed by atoms with E-state index < -0.39 is 5.60 Å². The molecule has 1 aliphatic heterocycles. The van der Waals surface area contributed by atoms with Gasteiger partial charge in [0.05, 0.1) is 12.5 Å². The minimum absolute atomic E-state index is 0.111. The van der Waals surface area contributed by atoms with Gasteiger partial charge in [-0.15, -0.1) is 10.2 Å². The monoisotopic (exact) mass is 336 g/mol. The molecular formula is C16H28N6O2. The fourth-order valence-corrected chi connectivity index (χ4v) is 2.63. The summed E-state index contributed by atoms with van der Waals surface area (Å²) in [7, 11) is 3.68. The van der Waals surface area contributed by atoms with Crippen LogP contribution in [0.25, 0.3) is 0 Å². The number of hydrogen-bond acceptors (Lipinski definition) is 5. The highest BCUT2D eigenvalue weighted by atomic mass is 16.6. The third-order valence-electron chi connectivity index (χ3n) is 4.03. The van der Waals surface area contributed by atoms with Gasteiger partial charge in [0.2, 0.25) is 0 Å². The molecule has 0 aliphatic carbocycles. The Hall–Kier alpha value is -2.12. The molecule has 2 heterocycles. The Morgan fingerprint density at radius 1 is 1.42 bits per heavy atom. The SMILES string of the molecule is CN=C(NCc1nnc(C)n1C)N1CCC(C(=O)OC(C)(C)C)C1. The van der Waals surface area contributed by atoms with Crippen molar-refractivity contribution in [3.8, 4) is 0 Å². The Labute approximate surface area is 143 Å². The fourth-order valence-electron chi connectivity index (χ4n) is 2.63. The smallest absolute Gasteiger partial charge is 0.311 e. The Balaban J connectivity index is 1.91. The number of guanidine groups is 1. The highest BCUT2D eigenvalue weighted by Crippen LogP contribution is 2.20. The van der Waals surface area contributed by atoms with Crippen LogP contribution in [0.4, 0.5) is 0 Å². The number of aromatic nitrogens is 3. The maximum Gasteiger partial charge on any atom is 0.311 e. The number of aryl methyl sites for hydroxylation is 1. The van der Waals surface area contributed by atoms with Crippen molar-refractivity contribution in [3.05, 3.63) is 11.6 Å². The first kappa shape index (κ1) is 18.2. The van der Waals surface area contributed by atoms with Gasteiger partial charge >= 0.3 is 5.97 Å². The largest absolute Gasteiger partial charge is 0.460 e. The third-order valence-corrected chi connectivity index (χ3v) is 4.03. The number of ether oxygens (including phenoxy) is 1. The number of hydrogen-bond donors (Lipinski definition) is 1. The van der Waals surface area contributed by atoms with Crippen LogP contribution < -0.4 is 5.32 Å². The topological polar surface area (TPSA) is 84.6 Å². The van der Waals surface area contributed by atoms with Gasteiger partial charge in [0.25, 0.3) is 0 Å². The number of likely N-dealkylation sites (tertiary alicyclic amines) is 1. The first-order chi connectivity index (χ1) is 11.2. The van der Waals surface area contributed by atoms with E-state index in [1.54, 1.807) is 7.05 Å². The minimum atomic E-state index is -0.451. The summed E-state index contributed by atoms with van der Waals surface area (Å²) in [5, 5.41) is 11.5. The summed E-state index contributed by atoms with van der Waals surface area (Å²) in [6.45, 7) is 9.52. The second-order valence-electron chi connectivity index (χ2n) is 7.09. The number of aliphatic imine (C=N–C) groups is 1. The molecule has 1 atom stereocenters. The first-order valence-electron chi connectivity index (χ1n) is 8.24. The van der Waals surface area contributed by atoms with Gasteiger partial charge in [-0.05, 0) is 34.1 Å². The Morgan fingerprint density at radius 3 is 2.67 bits per heavy atom. The number of carbonyl (C=O) groups is 1. The molecular weight excluding hydrogens is 308 g/mol. The molecule has 1 aromatic heterocycles. The van der Waals surface area contributed by atoms with Gasteiger partial charge in [0.1, 0.15) is 11.4 Å². The molecule has 0 spiro atoms. The molecule has 1 unspecified atom stereocenters. The molecule has 1 saturated heterocycles. The van der Waals surface area contributed by atoms with E-state index in [0.717, 1.165) is 30.6 Å². The number of esters is 1. The van der Waals surface area contributed by atoms with Crippen LogP contribution in [0.2, 0.25) is 0 Å². The summed E-state index contributed by atoms with van der Waals surface area (Å²) in [6.07, 6.45) is 0.776. The van der Waals surface area contributed by atoms with Crippen molar-refractivity contribution < 1.29 is 9.53 Å². The standard InChI is InChI=1S/C16H28N6O2/c1-11-19-20-13(21(11)6)9-18-15(17-5)22-8-7-12(10-22)14(23)24-16(2,3)4/h12H,7-10H2,1-6H3,(H,17,18). The van der Waals surface area contributed by atoms with E-state index in [4.69, 9.17) is 4.74 Å². The van der Waals surface area contributed by atoms with Crippen LogP contribution in [0.1, 0.15) is 38.8 Å². The summed E-state index contributed by atoms with van der Waals surface area (Å²) < 4.78 is 7.42. The van der Waals surface area contributed by atoms with Crippen LogP contribution in [0, 0.1) is 12.8 Å². The highest BCUT2D eigenvalue weighted by Gasteiger charge is 2.33. The van der Waals surface area contributed by atoms with Gasteiger partial charge < -0.3 is 19.5 Å². The average molecular weight is 336 g/mol. The van der Waals surface area contributed by atoms with Crippen LogP contribution in [0.3, 0.4) is 0 Å². The summed E-state index contributed by atoms with van der Waals surface area (Å²) in [6, 6.07) is 0. The average Bonchev–Trinajstić information content (AvgIpc) is 3.08. The molecule has 0 radical (unpaired) electrons. The van der Waals surface area contributed by atoms with Gasteiger partial charge in [0, 0.05) is 27.2 Å². The summed E-state index contributed by atoms with van der Waals surface area (Å²) in [5.41, 5.74) is -0.451. The molecule has 8 nitrogen and oxygen atoms in total. The Kier molecular flexibility index (Phi) is 5.46. The van der Waals surface area contributed by atoms with E-state index in [1.807, 2.05) is 39.3 Å². The molecule has 1 N–H and O–H groups in total. The van der Waals surface area contributed by atoms with E-state index in [1.165, 1.54) is 0 Å². The van der Waals surface area contributed by atoms with Crippen molar-refractivity contribution in [1.29, 1.82) is 0 Å². The van der Waals surface area contributed by atoms with Crippen molar-refractivity contribution in [3.63, 3.8) is 0 Å². The van der Waals surface area contributed by atoms with Crippen molar-refractivity contribution in [2.45, 2.75) is 46.3 Å². The van der Waals surface area contributed by atoms with Crippen LogP contribution in [-0.4, -0.2) is 57.3 Å². The zero-order chi connectivity index (χ0) is 17.9. The van der Waals surface area contributed by atoms with Gasteiger partial charge in [-0.25, -0.2) is 0 Å². The Bertz CT molecular complexity index is 617. The zero-order valence-electron chi connectivity index (χ0n) is 15.5. The van der Waals surface area contributed by atoms with Crippen molar-refractivity contribution >= 4 is 11.9 Å². The normalized spacial score (nSPS) is 18.8. The summed E-state index contributed by atoms with van der Waals surface area (Å²) in [4.78, 5) is 18.6. The number of rotatable bonds is 3. The molecule has 0 bridgehead atoms. The minimum Gasteiger partial charge on any atom is -0.460 e. The Morgan fingerprint density at radius 2 is 2.12 bits per heavy atom. The number of carbonyl (C=O) groups excluding carboxylic acids is 1. The van der Waals surface area contributed by atoms with Gasteiger partial charge in [-0.3, -0.25) is 9.79 Å². The predicted molar refractivity (Wildman–Crippen MR) is 91.5 cm³/mol. The molecule has 134 valence electrons. The lowest BCUT2D eigenvalue weighted by Crippen LogP contribution is -2.40. The molecule has 1 fully saturated rings. The van der Waals surface area contributed by atoms with Crippen LogP contribution in [-0.2, 0) is 23.1 Å². The third kappa shape index (κ3) is 4.46. The molecule has 0 amide bonds. The van der Waals surface area contributed by atoms with Crippen LogP contribution in [0.15, 0.2) is 4.99 Å². The van der Waals surface area contributed by atoms with Crippen molar-refractivity contribution in [2.75, 3.05) is 20.1 Å². The van der Waals surface area contributed by atoms with Crippen molar-refractivity contribution in [2.24, 2.45) is 18.0 Å². The lowest BCUT2D eigenvalue weighted by molar-refractivity contribution is -0.159. The van der Waals surface area contributed by atoms with E-state index in [0.29, 0.717) is 13.1 Å². The predicted octanol–water partition coefficient (Wildman–Crippen LogP) is 0.863. The fraction of sp³-hybridized carbons (Fsp3) is 0.750. The van der Waals surface area contributed by atoms with Gasteiger partial charge in [-0.2, -0.15) is 0 Å². The molecule has 1 aliphatic rings. The quantitative estimate of drug-likeness (QED) is 0.501. The second-order valence-corrected chi connectivity index (χ2v) is 7.09. The van der Waals surface area contributed by atoms with Crippen LogP contribution >= 0.6 is 0 Å². The molecule has 1 aromatic rings. The highest BCUT2D eigenvalue weighted by molar-refractivity contribution is 5.82. The van der Waals surface area contributed by atoms with E-state index in [2.05, 4.69) is 25.4 Å². The summed E-state index contributed by atoms with van der Waals surface area (Å²) in [5.74, 6) is 2.23. The maximum absolute atomic E-state index is 12.2. The molecule has 24 heavy (non-hydrogen) atoms. The van der Waals surface area contributed by atoms with Gasteiger partial charge in [0.15, 0.2) is 11.8 Å². The number of nitrogens with one attached hydrogen (secondary N) is 1. The lowest BCUT2D eigenvalue weighted by Gasteiger charge is -2.23. The lowest BCUT2D eigenvalue weighted by atomic mass is 10.1. The zero-order valence-corrected chi connectivity index (χ0v) is 15.5. The molecule has 0 saturated carbocycles. The molecule has 0 aromatic carbocycles. The van der Waals surface area contributed by atoms with E-state index in [-0.39, 0.29) is 11.9 Å². The molecule has 8 heteroatoms. The maximum atomic E-state index is 12.2. The first-order valence-corrected chi connectivity index (χ1v) is 8.24.